The molecule has 0 aliphatic heterocycles. The molecule has 0 spiro atoms. The Morgan fingerprint density at radius 2 is 2.08 bits per heavy atom. The predicted molar refractivity (Wildman–Crippen MR) is 51.0 cm³/mol. The summed E-state index contributed by atoms with van der Waals surface area (Å²) in [4.78, 5) is 11.5. The second-order valence-electron chi connectivity index (χ2n) is 3.64. The molecule has 68 valence electrons. The largest absolute Gasteiger partial charge is 0.295 e. The molecule has 1 nitrogen and oxygen atoms in total. The van der Waals surface area contributed by atoms with Crippen LogP contribution in [-0.4, -0.2) is 5.78 Å². The summed E-state index contributed by atoms with van der Waals surface area (Å²) < 4.78 is 0. The molecule has 1 aliphatic carbocycles. The smallest absolute Gasteiger partial charge is 0.159 e. The molecule has 1 atom stereocenters. The zero-order valence-corrected chi connectivity index (χ0v) is 8.31. The molecule has 0 amide bonds. The van der Waals surface area contributed by atoms with Crippen molar-refractivity contribution in [1.29, 1.82) is 0 Å². The molecule has 1 rings (SSSR count). The fourth-order valence-corrected chi connectivity index (χ4v) is 2.11. The third-order valence-corrected chi connectivity index (χ3v) is 2.69. The molecule has 0 aromatic carbocycles. The van der Waals surface area contributed by atoms with Gasteiger partial charge in [0.15, 0.2) is 5.78 Å². The summed E-state index contributed by atoms with van der Waals surface area (Å²) in [5.74, 6) is 0.922. The maximum atomic E-state index is 11.5. The summed E-state index contributed by atoms with van der Waals surface area (Å²) in [6.07, 6.45) is 3.91. The van der Waals surface area contributed by atoms with Crippen molar-refractivity contribution in [2.75, 3.05) is 0 Å². The molecule has 0 fully saturated rings. The fourth-order valence-electron chi connectivity index (χ4n) is 2.11. The third-order valence-electron chi connectivity index (χ3n) is 2.69. The summed E-state index contributed by atoms with van der Waals surface area (Å²) in [6.45, 7) is 6.45. The molecule has 1 unspecified atom stereocenters. The van der Waals surface area contributed by atoms with Crippen LogP contribution in [0.5, 0.6) is 0 Å². The Kier molecular flexibility index (Phi) is 3.07. The first-order valence-electron chi connectivity index (χ1n) is 4.95. The second-order valence-corrected chi connectivity index (χ2v) is 3.64. The van der Waals surface area contributed by atoms with E-state index < -0.39 is 0 Å². The van der Waals surface area contributed by atoms with Crippen LogP contribution in [-0.2, 0) is 4.79 Å². The number of hydrogen-bond donors (Lipinski definition) is 0. The van der Waals surface area contributed by atoms with Crippen LogP contribution < -0.4 is 0 Å². The van der Waals surface area contributed by atoms with E-state index >= 15 is 0 Å². The van der Waals surface area contributed by atoms with E-state index in [4.69, 9.17) is 0 Å². The van der Waals surface area contributed by atoms with Gasteiger partial charge in [0, 0.05) is 6.42 Å². The molecule has 0 bridgehead atoms. The second kappa shape index (κ2) is 3.88. The zero-order valence-electron chi connectivity index (χ0n) is 8.31. The van der Waals surface area contributed by atoms with Gasteiger partial charge in [-0.3, -0.25) is 4.79 Å². The molecule has 1 heteroatoms. The van der Waals surface area contributed by atoms with Crippen molar-refractivity contribution in [1.82, 2.24) is 0 Å². The van der Waals surface area contributed by atoms with Crippen LogP contribution >= 0.6 is 0 Å². The first kappa shape index (κ1) is 9.50. The van der Waals surface area contributed by atoms with E-state index in [9.17, 15) is 4.79 Å². The maximum absolute atomic E-state index is 11.5. The molecular weight excluding hydrogens is 148 g/mol. The van der Waals surface area contributed by atoms with Gasteiger partial charge in [0.05, 0.1) is 0 Å². The number of allylic oxidation sites excluding steroid dienone is 2. The summed E-state index contributed by atoms with van der Waals surface area (Å²) in [7, 11) is 0. The van der Waals surface area contributed by atoms with E-state index in [-0.39, 0.29) is 0 Å². The Labute approximate surface area is 74.9 Å². The number of carbonyl (C=O) groups excluding carboxylic acids is 1. The van der Waals surface area contributed by atoms with Crippen molar-refractivity contribution in [2.45, 2.75) is 46.5 Å². The summed E-state index contributed by atoms with van der Waals surface area (Å²) in [5.41, 5.74) is 2.56. The van der Waals surface area contributed by atoms with Gasteiger partial charge in [-0.1, -0.05) is 32.8 Å². The Bertz CT molecular complexity index is 213. The standard InChI is InChI=1S/C11H18O/c1-4-6-10-9(5-2)8(3)7-11(10)12/h8H,4-7H2,1-3H3. The zero-order chi connectivity index (χ0) is 9.14. The van der Waals surface area contributed by atoms with E-state index in [0.717, 1.165) is 31.3 Å². The number of carbonyl (C=O) groups is 1. The van der Waals surface area contributed by atoms with E-state index in [2.05, 4.69) is 20.8 Å². The lowest BCUT2D eigenvalue weighted by molar-refractivity contribution is -0.115. The highest BCUT2D eigenvalue weighted by molar-refractivity contribution is 5.99. The monoisotopic (exact) mass is 166 g/mol. The lowest BCUT2D eigenvalue weighted by Gasteiger charge is -2.05. The summed E-state index contributed by atoms with van der Waals surface area (Å²) >= 11 is 0. The Balaban J connectivity index is 2.85. The Hall–Kier alpha value is -0.590. The van der Waals surface area contributed by atoms with E-state index in [0.29, 0.717) is 11.7 Å². The van der Waals surface area contributed by atoms with Crippen molar-refractivity contribution in [3.05, 3.63) is 11.1 Å². The van der Waals surface area contributed by atoms with E-state index in [1.165, 1.54) is 5.57 Å². The van der Waals surface area contributed by atoms with Crippen LogP contribution in [0.2, 0.25) is 0 Å². The minimum atomic E-state index is 0.404. The van der Waals surface area contributed by atoms with Crippen molar-refractivity contribution < 1.29 is 4.79 Å². The normalized spacial score (nSPS) is 23.9. The van der Waals surface area contributed by atoms with Gasteiger partial charge >= 0.3 is 0 Å². The Morgan fingerprint density at radius 3 is 2.58 bits per heavy atom. The van der Waals surface area contributed by atoms with E-state index in [1.54, 1.807) is 0 Å². The highest BCUT2D eigenvalue weighted by Gasteiger charge is 2.26. The van der Waals surface area contributed by atoms with E-state index in [1.807, 2.05) is 0 Å². The van der Waals surface area contributed by atoms with Crippen LogP contribution in [0.15, 0.2) is 11.1 Å². The number of rotatable bonds is 3. The highest BCUT2D eigenvalue weighted by Crippen LogP contribution is 2.33. The SMILES string of the molecule is CCCC1=C(CC)C(C)CC1=O. The van der Waals surface area contributed by atoms with Crippen LogP contribution in [0.25, 0.3) is 0 Å². The first-order chi connectivity index (χ1) is 5.70. The van der Waals surface area contributed by atoms with Gasteiger partial charge in [-0.2, -0.15) is 0 Å². The molecule has 0 saturated carbocycles. The molecule has 0 radical (unpaired) electrons. The molecule has 1 aliphatic rings. The lowest BCUT2D eigenvalue weighted by atomic mass is 9.99. The van der Waals surface area contributed by atoms with Gasteiger partial charge in [0.25, 0.3) is 0 Å². The maximum Gasteiger partial charge on any atom is 0.159 e. The highest BCUT2D eigenvalue weighted by atomic mass is 16.1. The molecule has 0 aromatic heterocycles. The average molecular weight is 166 g/mol. The molecular formula is C11H18O. The van der Waals surface area contributed by atoms with Crippen LogP contribution in [0.1, 0.15) is 46.5 Å². The lowest BCUT2D eigenvalue weighted by Crippen LogP contribution is -1.95. The first-order valence-corrected chi connectivity index (χ1v) is 4.95. The van der Waals surface area contributed by atoms with Gasteiger partial charge in [-0.25, -0.2) is 0 Å². The predicted octanol–water partition coefficient (Wildman–Crippen LogP) is 3.10. The van der Waals surface area contributed by atoms with Gasteiger partial charge in [0.1, 0.15) is 0 Å². The van der Waals surface area contributed by atoms with Crippen molar-refractivity contribution in [3.63, 3.8) is 0 Å². The Morgan fingerprint density at radius 1 is 1.42 bits per heavy atom. The molecule has 0 N–H and O–H groups in total. The number of hydrogen-bond acceptors (Lipinski definition) is 1. The minimum Gasteiger partial charge on any atom is -0.295 e. The van der Waals surface area contributed by atoms with Crippen molar-refractivity contribution in [2.24, 2.45) is 5.92 Å². The summed E-state index contributed by atoms with van der Waals surface area (Å²) in [5, 5.41) is 0. The molecule has 0 aromatic rings. The van der Waals surface area contributed by atoms with Gasteiger partial charge in [-0.05, 0) is 24.3 Å². The molecule has 0 saturated heterocycles. The topological polar surface area (TPSA) is 17.1 Å². The average Bonchev–Trinajstić information content (AvgIpc) is 2.28. The minimum absolute atomic E-state index is 0.404. The molecule has 0 heterocycles. The van der Waals surface area contributed by atoms with Crippen LogP contribution in [0.4, 0.5) is 0 Å². The van der Waals surface area contributed by atoms with Gasteiger partial charge < -0.3 is 0 Å². The van der Waals surface area contributed by atoms with Crippen LogP contribution in [0, 0.1) is 5.92 Å². The van der Waals surface area contributed by atoms with Gasteiger partial charge in [-0.15, -0.1) is 0 Å². The quantitative estimate of drug-likeness (QED) is 0.629. The number of ketones is 1. The van der Waals surface area contributed by atoms with Crippen molar-refractivity contribution >= 4 is 5.78 Å². The fraction of sp³-hybridized carbons (Fsp3) is 0.727. The molecule has 12 heavy (non-hydrogen) atoms. The van der Waals surface area contributed by atoms with Crippen molar-refractivity contribution in [3.8, 4) is 0 Å². The number of Topliss-reactive ketones (excluding diaryl/α,β-unsaturated/α-hetero) is 1. The summed E-state index contributed by atoms with van der Waals surface area (Å²) in [6, 6.07) is 0. The van der Waals surface area contributed by atoms with Crippen LogP contribution in [0.3, 0.4) is 0 Å². The van der Waals surface area contributed by atoms with Gasteiger partial charge in [0.2, 0.25) is 0 Å². The third kappa shape index (κ3) is 1.60.